The summed E-state index contributed by atoms with van der Waals surface area (Å²) < 4.78 is 0.987. The molecule has 2 aromatic rings. The smallest absolute Gasteiger partial charge is 0.115 e. The van der Waals surface area contributed by atoms with Crippen molar-refractivity contribution >= 4 is 38.6 Å². The number of hydrogen-bond acceptors (Lipinski definition) is 3. The highest BCUT2D eigenvalue weighted by atomic mass is 79.9. The van der Waals surface area contributed by atoms with Gasteiger partial charge in [0.05, 0.1) is 0 Å². The molecule has 2 rings (SSSR count). The lowest BCUT2D eigenvalue weighted by Gasteiger charge is -2.06. The number of aryl methyl sites for hydroxylation is 1. The third kappa shape index (κ3) is 1.93. The Labute approximate surface area is 99.2 Å². The predicted molar refractivity (Wildman–Crippen MR) is 65.1 cm³/mol. The zero-order chi connectivity index (χ0) is 10.1. The van der Waals surface area contributed by atoms with Crippen LogP contribution < -0.4 is 0 Å². The lowest BCUT2D eigenvalue weighted by Crippen LogP contribution is -1.95. The molecular formula is C10H9BrOS2. The van der Waals surface area contributed by atoms with Gasteiger partial charge >= 0.3 is 0 Å². The van der Waals surface area contributed by atoms with Gasteiger partial charge in [-0.05, 0) is 45.2 Å². The maximum atomic E-state index is 10.1. The van der Waals surface area contributed by atoms with Gasteiger partial charge < -0.3 is 5.11 Å². The summed E-state index contributed by atoms with van der Waals surface area (Å²) in [6.45, 7) is 2.04. The largest absolute Gasteiger partial charge is 0.383 e. The van der Waals surface area contributed by atoms with E-state index in [-0.39, 0.29) is 0 Å². The molecule has 0 saturated carbocycles. The molecule has 1 atom stereocenters. The summed E-state index contributed by atoms with van der Waals surface area (Å²) in [5, 5.41) is 16.1. The molecule has 0 spiro atoms. The van der Waals surface area contributed by atoms with Crippen LogP contribution in [0.2, 0.25) is 0 Å². The molecule has 1 nitrogen and oxygen atoms in total. The van der Waals surface area contributed by atoms with Gasteiger partial charge in [-0.2, -0.15) is 11.3 Å². The molecule has 0 aliphatic carbocycles. The highest BCUT2D eigenvalue weighted by Gasteiger charge is 2.15. The highest BCUT2D eigenvalue weighted by molar-refractivity contribution is 9.10. The number of rotatable bonds is 2. The Bertz CT molecular complexity index is 433. The van der Waals surface area contributed by atoms with Crippen LogP contribution in [0.15, 0.2) is 26.7 Å². The summed E-state index contributed by atoms with van der Waals surface area (Å²) in [7, 11) is 0. The van der Waals surface area contributed by atoms with Crippen LogP contribution in [0.25, 0.3) is 0 Å². The number of aliphatic hydroxyl groups is 1. The van der Waals surface area contributed by atoms with E-state index in [0.29, 0.717) is 0 Å². The fraction of sp³-hybridized carbons (Fsp3) is 0.200. The average molecular weight is 289 g/mol. The van der Waals surface area contributed by atoms with Gasteiger partial charge in [0.1, 0.15) is 6.10 Å². The molecule has 0 saturated heterocycles. The fourth-order valence-electron chi connectivity index (χ4n) is 1.24. The van der Waals surface area contributed by atoms with Crippen molar-refractivity contribution in [2.24, 2.45) is 0 Å². The number of thiophene rings is 2. The Balaban J connectivity index is 2.33. The summed E-state index contributed by atoms with van der Waals surface area (Å²) in [5.41, 5.74) is 2.16. The Hall–Kier alpha value is -0.160. The van der Waals surface area contributed by atoms with E-state index in [0.717, 1.165) is 14.9 Å². The molecule has 0 radical (unpaired) electrons. The molecule has 14 heavy (non-hydrogen) atoms. The van der Waals surface area contributed by atoms with E-state index in [1.807, 2.05) is 23.8 Å². The van der Waals surface area contributed by atoms with Gasteiger partial charge in [0.15, 0.2) is 0 Å². The highest BCUT2D eigenvalue weighted by Crippen LogP contribution is 2.33. The fourth-order valence-corrected chi connectivity index (χ4v) is 3.67. The zero-order valence-corrected chi connectivity index (χ0v) is 10.7. The van der Waals surface area contributed by atoms with Crippen LogP contribution >= 0.6 is 38.6 Å². The topological polar surface area (TPSA) is 20.2 Å². The molecular weight excluding hydrogens is 280 g/mol. The summed E-state index contributed by atoms with van der Waals surface area (Å²) in [4.78, 5) is 1.00. The first-order valence-electron chi connectivity index (χ1n) is 4.13. The van der Waals surface area contributed by atoms with E-state index >= 15 is 0 Å². The lowest BCUT2D eigenvalue weighted by atomic mass is 10.1. The van der Waals surface area contributed by atoms with Crippen LogP contribution in [0.5, 0.6) is 0 Å². The minimum absolute atomic E-state index is 0.491. The normalized spacial score (nSPS) is 13.1. The molecule has 0 bridgehead atoms. The minimum Gasteiger partial charge on any atom is -0.383 e. The molecule has 1 N–H and O–H groups in total. The molecule has 0 aromatic carbocycles. The number of halogens is 1. The van der Waals surface area contributed by atoms with Crippen LogP contribution in [0, 0.1) is 6.92 Å². The Morgan fingerprint density at radius 1 is 1.36 bits per heavy atom. The van der Waals surface area contributed by atoms with Crippen molar-refractivity contribution in [1.29, 1.82) is 0 Å². The van der Waals surface area contributed by atoms with E-state index in [1.165, 1.54) is 5.56 Å². The molecule has 2 aromatic heterocycles. The van der Waals surface area contributed by atoms with Gasteiger partial charge in [0.25, 0.3) is 0 Å². The van der Waals surface area contributed by atoms with E-state index in [1.54, 1.807) is 22.7 Å². The third-order valence-electron chi connectivity index (χ3n) is 1.96. The van der Waals surface area contributed by atoms with Crippen molar-refractivity contribution in [3.05, 3.63) is 42.7 Å². The molecule has 0 amide bonds. The summed E-state index contributed by atoms with van der Waals surface area (Å²) in [6, 6.07) is 2.03. The summed E-state index contributed by atoms with van der Waals surface area (Å²) in [5.74, 6) is 0. The van der Waals surface area contributed by atoms with Gasteiger partial charge in [-0.3, -0.25) is 0 Å². The van der Waals surface area contributed by atoms with Crippen molar-refractivity contribution in [3.63, 3.8) is 0 Å². The first kappa shape index (κ1) is 10.4. The Morgan fingerprint density at radius 2 is 2.14 bits per heavy atom. The van der Waals surface area contributed by atoms with Gasteiger partial charge in [-0.25, -0.2) is 0 Å². The second kappa shape index (κ2) is 4.14. The van der Waals surface area contributed by atoms with Crippen LogP contribution in [0.4, 0.5) is 0 Å². The SMILES string of the molecule is Cc1csc(C(O)c2cscc2Br)c1. The second-order valence-electron chi connectivity index (χ2n) is 3.10. The summed E-state index contributed by atoms with van der Waals surface area (Å²) >= 11 is 6.62. The van der Waals surface area contributed by atoms with E-state index in [9.17, 15) is 5.11 Å². The van der Waals surface area contributed by atoms with Crippen molar-refractivity contribution in [2.75, 3.05) is 0 Å². The lowest BCUT2D eigenvalue weighted by molar-refractivity contribution is 0.224. The molecule has 1 unspecified atom stereocenters. The van der Waals surface area contributed by atoms with Crippen molar-refractivity contribution in [1.82, 2.24) is 0 Å². The second-order valence-corrected chi connectivity index (χ2v) is 5.64. The molecule has 0 aliphatic rings. The van der Waals surface area contributed by atoms with Gasteiger partial charge in [-0.1, -0.05) is 0 Å². The number of hydrogen-bond donors (Lipinski definition) is 1. The first-order chi connectivity index (χ1) is 6.68. The quantitative estimate of drug-likeness (QED) is 0.887. The maximum Gasteiger partial charge on any atom is 0.115 e. The van der Waals surface area contributed by atoms with E-state index in [2.05, 4.69) is 21.3 Å². The molecule has 0 aliphatic heterocycles. The first-order valence-corrected chi connectivity index (χ1v) is 6.74. The molecule has 4 heteroatoms. The van der Waals surface area contributed by atoms with Gasteiger partial charge in [0, 0.05) is 20.3 Å². The van der Waals surface area contributed by atoms with Crippen LogP contribution in [-0.2, 0) is 0 Å². The van der Waals surface area contributed by atoms with E-state index < -0.39 is 6.10 Å². The van der Waals surface area contributed by atoms with Crippen LogP contribution in [-0.4, -0.2) is 5.11 Å². The maximum absolute atomic E-state index is 10.1. The number of aliphatic hydroxyl groups excluding tert-OH is 1. The molecule has 74 valence electrons. The monoisotopic (exact) mass is 288 g/mol. The molecule has 0 fully saturated rings. The summed E-state index contributed by atoms with van der Waals surface area (Å²) in [6.07, 6.45) is -0.491. The third-order valence-corrected chi connectivity index (χ3v) is 4.81. The van der Waals surface area contributed by atoms with Crippen molar-refractivity contribution < 1.29 is 5.11 Å². The van der Waals surface area contributed by atoms with Gasteiger partial charge in [-0.15, -0.1) is 11.3 Å². The average Bonchev–Trinajstić information content (AvgIpc) is 2.73. The Kier molecular flexibility index (Phi) is 3.07. The minimum atomic E-state index is -0.491. The van der Waals surface area contributed by atoms with Gasteiger partial charge in [0.2, 0.25) is 0 Å². The van der Waals surface area contributed by atoms with Crippen molar-refractivity contribution in [3.8, 4) is 0 Å². The standard InChI is InChI=1S/C10H9BrOS2/c1-6-2-9(14-3-6)10(12)7-4-13-5-8(7)11/h2-5,10,12H,1H3. The van der Waals surface area contributed by atoms with Crippen LogP contribution in [0.1, 0.15) is 22.1 Å². The van der Waals surface area contributed by atoms with E-state index in [4.69, 9.17) is 0 Å². The molecule has 2 heterocycles. The van der Waals surface area contributed by atoms with Crippen molar-refractivity contribution in [2.45, 2.75) is 13.0 Å². The predicted octanol–water partition coefficient (Wildman–Crippen LogP) is 3.96. The zero-order valence-electron chi connectivity index (χ0n) is 7.53. The Morgan fingerprint density at radius 3 is 2.64 bits per heavy atom. The van der Waals surface area contributed by atoms with Crippen LogP contribution in [0.3, 0.4) is 0 Å².